The third kappa shape index (κ3) is 3.61. The second kappa shape index (κ2) is 6.43. The minimum atomic E-state index is 0.0921. The van der Waals surface area contributed by atoms with Gasteiger partial charge in [-0.2, -0.15) is 0 Å². The molecular formula is C14H17N3OS. The van der Waals surface area contributed by atoms with Crippen LogP contribution in [0.2, 0.25) is 0 Å². The number of hydrogen-bond donors (Lipinski definition) is 1. The molecule has 1 aromatic heterocycles. The maximum atomic E-state index is 12.2. The van der Waals surface area contributed by atoms with Crippen molar-refractivity contribution in [3.63, 3.8) is 0 Å². The van der Waals surface area contributed by atoms with Crippen LogP contribution in [0.3, 0.4) is 0 Å². The maximum Gasteiger partial charge on any atom is 0.237 e. The summed E-state index contributed by atoms with van der Waals surface area (Å²) in [6.07, 6.45) is 3.44. The number of benzene rings is 1. The first-order valence-corrected chi connectivity index (χ1v) is 7.18. The third-order valence-corrected chi connectivity index (χ3v) is 3.62. The molecule has 0 fully saturated rings. The monoisotopic (exact) mass is 275 g/mol. The molecule has 4 nitrogen and oxygen atoms in total. The van der Waals surface area contributed by atoms with Crippen molar-refractivity contribution < 1.29 is 4.79 Å². The van der Waals surface area contributed by atoms with E-state index >= 15 is 0 Å². The van der Waals surface area contributed by atoms with Crippen molar-refractivity contribution in [2.75, 3.05) is 17.2 Å². The number of carbonyl (C=O) groups is 1. The average Bonchev–Trinajstić information content (AvgIpc) is 2.90. The van der Waals surface area contributed by atoms with Gasteiger partial charge >= 0.3 is 0 Å². The Hall–Kier alpha value is -1.75. The number of thioether (sulfide) groups is 1. The van der Waals surface area contributed by atoms with Gasteiger partial charge in [0.25, 0.3) is 0 Å². The van der Waals surface area contributed by atoms with E-state index in [1.165, 1.54) is 11.8 Å². The smallest absolute Gasteiger partial charge is 0.237 e. The molecule has 0 aliphatic rings. The van der Waals surface area contributed by atoms with E-state index in [0.29, 0.717) is 12.3 Å². The summed E-state index contributed by atoms with van der Waals surface area (Å²) in [5, 5.41) is 0.772. The molecule has 0 atom stereocenters. The minimum absolute atomic E-state index is 0.0921. The van der Waals surface area contributed by atoms with Gasteiger partial charge in [0.2, 0.25) is 5.91 Å². The predicted octanol–water partition coefficient (Wildman–Crippen LogP) is 2.86. The molecule has 0 saturated carbocycles. The fourth-order valence-electron chi connectivity index (χ4n) is 1.84. The van der Waals surface area contributed by atoms with Crippen LogP contribution in [0, 0.1) is 6.92 Å². The predicted molar refractivity (Wildman–Crippen MR) is 78.5 cm³/mol. The summed E-state index contributed by atoms with van der Waals surface area (Å²) in [7, 11) is 0. The molecular weight excluding hydrogens is 258 g/mol. The molecule has 0 radical (unpaired) electrons. The van der Waals surface area contributed by atoms with Gasteiger partial charge in [-0.15, -0.1) is 0 Å². The van der Waals surface area contributed by atoms with E-state index in [2.05, 4.69) is 9.97 Å². The molecule has 0 spiro atoms. The number of carbonyl (C=O) groups excluding carboxylic acids is 1. The van der Waals surface area contributed by atoms with Crippen molar-refractivity contribution in [3.8, 4) is 0 Å². The van der Waals surface area contributed by atoms with E-state index < -0.39 is 0 Å². The van der Waals surface area contributed by atoms with E-state index in [-0.39, 0.29) is 5.91 Å². The highest BCUT2D eigenvalue weighted by molar-refractivity contribution is 7.99. The Morgan fingerprint density at radius 1 is 1.47 bits per heavy atom. The van der Waals surface area contributed by atoms with E-state index in [1.54, 1.807) is 17.3 Å². The molecule has 19 heavy (non-hydrogen) atoms. The van der Waals surface area contributed by atoms with Crippen molar-refractivity contribution in [3.05, 3.63) is 42.2 Å². The van der Waals surface area contributed by atoms with Crippen LogP contribution in [0.5, 0.6) is 0 Å². The van der Waals surface area contributed by atoms with Crippen molar-refractivity contribution in [2.24, 2.45) is 0 Å². The molecule has 1 N–H and O–H groups in total. The van der Waals surface area contributed by atoms with Gasteiger partial charge in [0.15, 0.2) is 5.16 Å². The number of nitrogens with one attached hydrogen (secondary N) is 1. The van der Waals surface area contributed by atoms with Crippen molar-refractivity contribution in [2.45, 2.75) is 19.0 Å². The largest absolute Gasteiger partial charge is 0.340 e. The van der Waals surface area contributed by atoms with Crippen molar-refractivity contribution >= 4 is 23.4 Å². The van der Waals surface area contributed by atoms with E-state index in [9.17, 15) is 4.79 Å². The average molecular weight is 275 g/mol. The molecule has 5 heteroatoms. The van der Waals surface area contributed by atoms with Gasteiger partial charge in [-0.05, 0) is 31.5 Å². The summed E-state index contributed by atoms with van der Waals surface area (Å²) in [6.45, 7) is 4.68. The Labute approximate surface area is 117 Å². The van der Waals surface area contributed by atoms with Gasteiger partial charge in [0, 0.05) is 24.6 Å². The van der Waals surface area contributed by atoms with Crippen LogP contribution in [0.1, 0.15) is 12.5 Å². The second-order valence-corrected chi connectivity index (χ2v) is 5.12. The summed E-state index contributed by atoms with van der Waals surface area (Å²) in [4.78, 5) is 21.1. The van der Waals surface area contributed by atoms with E-state index in [1.807, 2.05) is 38.1 Å². The van der Waals surface area contributed by atoms with Gasteiger partial charge in [-0.3, -0.25) is 4.79 Å². The lowest BCUT2D eigenvalue weighted by molar-refractivity contribution is -0.116. The number of rotatable bonds is 5. The molecule has 0 aliphatic heterocycles. The Kier molecular flexibility index (Phi) is 4.63. The van der Waals surface area contributed by atoms with E-state index in [4.69, 9.17) is 0 Å². The van der Waals surface area contributed by atoms with Gasteiger partial charge < -0.3 is 9.88 Å². The lowest BCUT2D eigenvalue weighted by atomic mass is 10.2. The van der Waals surface area contributed by atoms with Gasteiger partial charge in [-0.1, -0.05) is 23.9 Å². The summed E-state index contributed by atoms with van der Waals surface area (Å²) in [5.41, 5.74) is 2.11. The molecule has 1 amide bonds. The highest BCUT2D eigenvalue weighted by Gasteiger charge is 2.14. The summed E-state index contributed by atoms with van der Waals surface area (Å²) >= 11 is 1.42. The van der Waals surface area contributed by atoms with Crippen LogP contribution in [-0.2, 0) is 4.79 Å². The maximum absolute atomic E-state index is 12.2. The number of aromatic amines is 1. The zero-order valence-electron chi connectivity index (χ0n) is 11.1. The molecule has 0 aliphatic carbocycles. The number of anilines is 1. The van der Waals surface area contributed by atoms with Crippen LogP contribution >= 0.6 is 11.8 Å². The number of hydrogen-bond acceptors (Lipinski definition) is 3. The molecule has 0 saturated heterocycles. The van der Waals surface area contributed by atoms with Crippen LogP contribution in [0.15, 0.2) is 41.8 Å². The van der Waals surface area contributed by atoms with Crippen LogP contribution < -0.4 is 4.90 Å². The molecule has 2 rings (SSSR count). The Morgan fingerprint density at radius 2 is 2.32 bits per heavy atom. The van der Waals surface area contributed by atoms with Crippen molar-refractivity contribution in [1.82, 2.24) is 9.97 Å². The summed E-state index contributed by atoms with van der Waals surface area (Å²) < 4.78 is 0. The summed E-state index contributed by atoms with van der Waals surface area (Å²) in [5.74, 6) is 0.476. The van der Waals surface area contributed by atoms with Crippen LogP contribution in [0.25, 0.3) is 0 Å². The SMILES string of the molecule is CCN(C(=O)CSc1ncc[nH]1)c1cccc(C)c1. The quantitative estimate of drug-likeness (QED) is 0.854. The van der Waals surface area contributed by atoms with Gasteiger partial charge in [-0.25, -0.2) is 4.98 Å². The number of nitrogens with zero attached hydrogens (tertiary/aromatic N) is 2. The molecule has 1 aromatic carbocycles. The molecule has 0 unspecified atom stereocenters. The topological polar surface area (TPSA) is 49.0 Å². The van der Waals surface area contributed by atoms with Crippen molar-refractivity contribution in [1.29, 1.82) is 0 Å². The minimum Gasteiger partial charge on any atom is -0.340 e. The summed E-state index contributed by atoms with van der Waals surface area (Å²) in [6, 6.07) is 7.99. The van der Waals surface area contributed by atoms with E-state index in [0.717, 1.165) is 16.4 Å². The fourth-order valence-corrected chi connectivity index (χ4v) is 2.54. The lowest BCUT2D eigenvalue weighted by Crippen LogP contribution is -2.32. The number of aryl methyl sites for hydroxylation is 1. The zero-order chi connectivity index (χ0) is 13.7. The Balaban J connectivity index is 2.02. The first-order chi connectivity index (χ1) is 9.20. The number of aromatic nitrogens is 2. The highest BCUT2D eigenvalue weighted by atomic mass is 32.2. The Morgan fingerprint density at radius 3 is 2.95 bits per heavy atom. The molecule has 2 aromatic rings. The third-order valence-electron chi connectivity index (χ3n) is 2.74. The van der Waals surface area contributed by atoms with Crippen LogP contribution in [0.4, 0.5) is 5.69 Å². The number of H-pyrrole nitrogens is 1. The number of amides is 1. The molecule has 0 bridgehead atoms. The van der Waals surface area contributed by atoms with Gasteiger partial charge in [0.05, 0.1) is 5.75 Å². The second-order valence-electron chi connectivity index (χ2n) is 4.16. The first kappa shape index (κ1) is 13.7. The normalized spacial score (nSPS) is 10.4. The molecule has 100 valence electrons. The van der Waals surface area contributed by atoms with Crippen LogP contribution in [-0.4, -0.2) is 28.2 Å². The number of imidazole rings is 1. The van der Waals surface area contributed by atoms with Gasteiger partial charge in [0.1, 0.15) is 0 Å². The lowest BCUT2D eigenvalue weighted by Gasteiger charge is -2.21. The fraction of sp³-hybridized carbons (Fsp3) is 0.286. The Bertz CT molecular complexity index is 539. The standard InChI is InChI=1S/C14H17N3OS/c1-3-17(12-6-4-5-11(2)9-12)13(18)10-19-14-15-7-8-16-14/h4-9H,3,10H2,1-2H3,(H,15,16). The zero-order valence-corrected chi connectivity index (χ0v) is 11.9. The first-order valence-electron chi connectivity index (χ1n) is 6.20. The highest BCUT2D eigenvalue weighted by Crippen LogP contribution is 2.19. The molecule has 1 heterocycles.